The number of nitrogen functional groups attached to an aromatic ring is 1. The van der Waals surface area contributed by atoms with Crippen LogP contribution in [-0.2, 0) is 19.6 Å². The Morgan fingerprint density at radius 3 is 2.35 bits per heavy atom. The largest absolute Gasteiger partial charge is 0.478 e. The highest BCUT2D eigenvalue weighted by atomic mass is 19.1. The molecule has 0 saturated carbocycles. The van der Waals surface area contributed by atoms with Gasteiger partial charge in [0.2, 0.25) is 0 Å². The number of hydrogen-bond acceptors (Lipinski definition) is 11. The summed E-state index contributed by atoms with van der Waals surface area (Å²) in [5, 5.41) is 28.2. The van der Waals surface area contributed by atoms with Crippen molar-refractivity contribution in [3.8, 4) is 0 Å². The molecule has 2 aromatic heterocycles. The molecule has 218 valence electrons. The van der Waals surface area contributed by atoms with E-state index in [0.717, 1.165) is 4.52 Å². The first-order valence-corrected chi connectivity index (χ1v) is 12.6. The van der Waals surface area contributed by atoms with Crippen molar-refractivity contribution in [2.75, 3.05) is 11.1 Å². The van der Waals surface area contributed by atoms with Crippen LogP contribution in [-0.4, -0.2) is 47.9 Å². The number of benzene rings is 2. The average Bonchev–Trinajstić information content (AvgIpc) is 3.48. The molecule has 0 saturated heterocycles. The maximum Gasteiger partial charge on any atom is 0.335 e. The number of nitrogens with zero attached hydrogens (tertiary/aromatic N) is 5. The van der Waals surface area contributed by atoms with E-state index in [2.05, 4.69) is 36.5 Å². The number of nitrogens with one attached hydrogen (secondary N) is 3. The van der Waals surface area contributed by atoms with Crippen molar-refractivity contribution < 1.29 is 23.9 Å². The molecule has 0 radical (unpaired) electrons. The van der Waals surface area contributed by atoms with Gasteiger partial charge in [0, 0.05) is 31.3 Å². The summed E-state index contributed by atoms with van der Waals surface area (Å²) in [7, 11) is 0. The lowest BCUT2D eigenvalue weighted by Gasteiger charge is -2.12. The standard InChI is InChI=1S/C27H22FN9O6/c1-12-6-13(2-4-16(12)26(42)43)9-32-25(41)19-8-18(33-27-34-35-36-37(19)27)24(40)31-10-14-3-5-17(28)15(7-14)11-30-21-20(29)22(38)23(21)39/h2-8,30H,9-11,29H2,1H3,(H,31,40)(H,32,41)(H,42,43). The van der Waals surface area contributed by atoms with Crippen molar-refractivity contribution in [3.63, 3.8) is 0 Å². The monoisotopic (exact) mass is 587 g/mol. The second kappa shape index (κ2) is 11.4. The van der Waals surface area contributed by atoms with Crippen LogP contribution in [0, 0.1) is 12.7 Å². The molecule has 3 aromatic carbocycles. The summed E-state index contributed by atoms with van der Waals surface area (Å²) in [5.41, 5.74) is 5.41. The Balaban J connectivity index is 1.27. The number of carbonyl (C=O) groups excluding carboxylic acids is 2. The number of halogens is 1. The number of carboxylic acids is 1. The number of carboxylic acid groups (broad SMARTS) is 1. The number of carbonyl (C=O) groups is 3. The Bertz CT molecular complexity index is 2000. The Kier molecular flexibility index (Phi) is 7.57. The summed E-state index contributed by atoms with van der Waals surface area (Å²) >= 11 is 0. The fourth-order valence-corrected chi connectivity index (χ4v) is 4.28. The minimum absolute atomic E-state index is 0.0423. The number of aryl methyl sites for hydroxylation is 1. The number of fused-ring (bicyclic) bond motifs is 1. The normalized spacial score (nSPS) is 11.0. The Morgan fingerprint density at radius 2 is 1.65 bits per heavy atom. The number of aromatic nitrogens is 5. The van der Waals surface area contributed by atoms with E-state index in [-0.39, 0.29) is 59.3 Å². The van der Waals surface area contributed by atoms with Gasteiger partial charge >= 0.3 is 5.97 Å². The second-order valence-electron chi connectivity index (χ2n) is 9.46. The molecule has 6 N–H and O–H groups in total. The fourth-order valence-electron chi connectivity index (χ4n) is 4.28. The van der Waals surface area contributed by atoms with Gasteiger partial charge in [-0.25, -0.2) is 14.2 Å². The highest BCUT2D eigenvalue weighted by molar-refractivity contribution is 5.98. The van der Waals surface area contributed by atoms with E-state index in [1.165, 1.54) is 30.3 Å². The maximum atomic E-state index is 14.3. The summed E-state index contributed by atoms with van der Waals surface area (Å²) in [6.45, 7) is 1.54. The summed E-state index contributed by atoms with van der Waals surface area (Å²) in [6, 6.07) is 9.97. The molecule has 0 aliphatic rings. The van der Waals surface area contributed by atoms with Crippen LogP contribution in [0.2, 0.25) is 0 Å². The van der Waals surface area contributed by atoms with Crippen LogP contribution in [0.5, 0.6) is 0 Å². The van der Waals surface area contributed by atoms with Gasteiger partial charge in [0.15, 0.2) is 0 Å². The van der Waals surface area contributed by atoms with Gasteiger partial charge in [0.25, 0.3) is 28.4 Å². The third-order valence-electron chi connectivity index (χ3n) is 6.58. The molecule has 0 atom stereocenters. The zero-order chi connectivity index (χ0) is 30.8. The minimum Gasteiger partial charge on any atom is -0.478 e. The van der Waals surface area contributed by atoms with E-state index in [1.54, 1.807) is 19.1 Å². The second-order valence-corrected chi connectivity index (χ2v) is 9.46. The van der Waals surface area contributed by atoms with Gasteiger partial charge in [0.05, 0.1) is 5.56 Å². The molecule has 43 heavy (non-hydrogen) atoms. The SMILES string of the molecule is Cc1cc(CNC(=O)c2cc(C(=O)NCc3ccc(F)c(CNc4c(N)c(=O)c4=O)c3)nc3nnnn23)ccc1C(=O)O. The predicted octanol–water partition coefficient (Wildman–Crippen LogP) is 0.315. The first kappa shape index (κ1) is 28.5. The molecular formula is C27H22FN9O6. The molecule has 2 heterocycles. The van der Waals surface area contributed by atoms with Gasteiger partial charge in [-0.15, -0.1) is 0 Å². The van der Waals surface area contributed by atoms with Gasteiger partial charge in [-0.1, -0.05) is 23.3 Å². The molecule has 0 unspecified atom stereocenters. The molecule has 15 nitrogen and oxygen atoms in total. The van der Waals surface area contributed by atoms with Gasteiger partial charge in [-0.3, -0.25) is 19.2 Å². The molecule has 0 aliphatic heterocycles. The molecule has 0 aliphatic carbocycles. The number of aromatic carboxylic acids is 1. The number of rotatable bonds is 10. The first-order valence-electron chi connectivity index (χ1n) is 12.6. The van der Waals surface area contributed by atoms with Crippen molar-refractivity contribution in [2.45, 2.75) is 26.6 Å². The summed E-state index contributed by atoms with van der Waals surface area (Å²) in [6.07, 6.45) is 0. The summed E-state index contributed by atoms with van der Waals surface area (Å²) in [5.74, 6) is -3.02. The average molecular weight is 588 g/mol. The smallest absolute Gasteiger partial charge is 0.335 e. The lowest BCUT2D eigenvalue weighted by molar-refractivity contribution is 0.0695. The van der Waals surface area contributed by atoms with Crippen LogP contribution < -0.4 is 32.5 Å². The Hall–Kier alpha value is -6.06. The Labute approximate surface area is 240 Å². The molecule has 0 fully saturated rings. The van der Waals surface area contributed by atoms with Gasteiger partial charge in [-0.05, 0) is 52.2 Å². The number of hydrogen-bond donors (Lipinski definition) is 5. The fraction of sp³-hybridized carbons (Fsp3) is 0.148. The molecular weight excluding hydrogens is 565 g/mol. The van der Waals surface area contributed by atoms with Crippen LogP contribution in [0.1, 0.15) is 53.6 Å². The first-order chi connectivity index (χ1) is 20.5. The molecule has 2 amide bonds. The number of tetrazole rings is 1. The van der Waals surface area contributed by atoms with E-state index in [4.69, 9.17) is 5.73 Å². The zero-order valence-electron chi connectivity index (χ0n) is 22.3. The quantitative estimate of drug-likeness (QED) is 0.139. The van der Waals surface area contributed by atoms with E-state index in [0.29, 0.717) is 16.7 Å². The number of nitrogens with two attached hydrogens (primary N) is 1. The van der Waals surface area contributed by atoms with Gasteiger partial charge in [0.1, 0.15) is 28.6 Å². The van der Waals surface area contributed by atoms with Crippen LogP contribution in [0.15, 0.2) is 52.1 Å². The number of amides is 2. The molecule has 0 bridgehead atoms. The van der Waals surface area contributed by atoms with Crippen molar-refractivity contribution >= 4 is 34.9 Å². The van der Waals surface area contributed by atoms with E-state index in [1.807, 2.05) is 0 Å². The van der Waals surface area contributed by atoms with E-state index in [9.17, 15) is 33.5 Å². The lowest BCUT2D eigenvalue weighted by Crippen LogP contribution is -2.37. The van der Waals surface area contributed by atoms with Gasteiger partial charge < -0.3 is 26.8 Å². The molecule has 16 heteroatoms. The molecule has 5 rings (SSSR count). The van der Waals surface area contributed by atoms with Crippen LogP contribution in [0.25, 0.3) is 5.78 Å². The van der Waals surface area contributed by atoms with Crippen molar-refractivity contribution in [3.05, 3.63) is 108 Å². The molecule has 0 spiro atoms. The van der Waals surface area contributed by atoms with Crippen molar-refractivity contribution in [1.29, 1.82) is 0 Å². The lowest BCUT2D eigenvalue weighted by atomic mass is 10.1. The number of anilines is 2. The minimum atomic E-state index is -1.06. The highest BCUT2D eigenvalue weighted by Gasteiger charge is 2.20. The zero-order valence-corrected chi connectivity index (χ0v) is 22.3. The van der Waals surface area contributed by atoms with Crippen molar-refractivity contribution in [2.24, 2.45) is 0 Å². The molecule has 5 aromatic rings. The Morgan fingerprint density at radius 1 is 0.953 bits per heavy atom. The van der Waals surface area contributed by atoms with Crippen LogP contribution in [0.4, 0.5) is 15.8 Å². The summed E-state index contributed by atoms with van der Waals surface area (Å²) < 4.78 is 15.4. The van der Waals surface area contributed by atoms with Crippen LogP contribution >= 0.6 is 0 Å². The van der Waals surface area contributed by atoms with E-state index >= 15 is 0 Å². The predicted molar refractivity (Wildman–Crippen MR) is 149 cm³/mol. The topological polar surface area (TPSA) is 224 Å². The third-order valence-corrected chi connectivity index (χ3v) is 6.58. The van der Waals surface area contributed by atoms with Crippen molar-refractivity contribution in [1.82, 2.24) is 35.7 Å². The highest BCUT2D eigenvalue weighted by Crippen LogP contribution is 2.16. The summed E-state index contributed by atoms with van der Waals surface area (Å²) in [4.78, 5) is 64.2. The third kappa shape index (κ3) is 5.74. The van der Waals surface area contributed by atoms with E-state index < -0.39 is 34.5 Å². The maximum absolute atomic E-state index is 14.3. The van der Waals surface area contributed by atoms with Gasteiger partial charge in [-0.2, -0.15) is 4.52 Å². The van der Waals surface area contributed by atoms with Crippen LogP contribution in [0.3, 0.4) is 0 Å².